The third kappa shape index (κ3) is 5.74. The lowest BCUT2D eigenvalue weighted by Crippen LogP contribution is -2.30. The zero-order chi connectivity index (χ0) is 26.7. The van der Waals surface area contributed by atoms with Crippen molar-refractivity contribution < 1.29 is 23.5 Å². The Morgan fingerprint density at radius 3 is 2.51 bits per heavy atom. The summed E-state index contributed by atoms with van der Waals surface area (Å²) in [6.45, 7) is 1.54. The number of aliphatic hydroxyl groups is 1. The fourth-order valence-corrected chi connectivity index (χ4v) is 3.59. The molecule has 0 radical (unpaired) electrons. The van der Waals surface area contributed by atoms with Gasteiger partial charge in [-0.05, 0) is 31.2 Å². The summed E-state index contributed by atoms with van der Waals surface area (Å²) in [6.07, 6.45) is -0.760. The normalized spacial score (nSPS) is 11.7. The molecular formula is C25H21ClF2N6O3. The van der Waals surface area contributed by atoms with Crippen molar-refractivity contribution in [2.75, 3.05) is 17.6 Å². The number of carbonyl (C=O) groups excluding carboxylic acids is 2. The van der Waals surface area contributed by atoms with Gasteiger partial charge >= 0.3 is 0 Å². The van der Waals surface area contributed by atoms with Gasteiger partial charge in [0.25, 0.3) is 11.8 Å². The zero-order valence-electron chi connectivity index (χ0n) is 19.4. The summed E-state index contributed by atoms with van der Waals surface area (Å²) in [7, 11) is 0. The first kappa shape index (κ1) is 25.7. The highest BCUT2D eigenvalue weighted by Crippen LogP contribution is 2.28. The van der Waals surface area contributed by atoms with Gasteiger partial charge in [-0.3, -0.25) is 9.59 Å². The molecule has 2 heterocycles. The summed E-state index contributed by atoms with van der Waals surface area (Å²) in [5.74, 6) is -3.55. The lowest BCUT2D eigenvalue weighted by Gasteiger charge is -2.11. The van der Waals surface area contributed by atoms with E-state index in [1.165, 1.54) is 35.9 Å². The Kier molecular flexibility index (Phi) is 7.46. The number of pyridine rings is 1. The number of anilines is 2. The van der Waals surface area contributed by atoms with Crippen LogP contribution in [0.2, 0.25) is 5.02 Å². The van der Waals surface area contributed by atoms with Crippen molar-refractivity contribution >= 4 is 35.1 Å². The van der Waals surface area contributed by atoms with Crippen molar-refractivity contribution in [3.05, 3.63) is 88.6 Å². The lowest BCUT2D eigenvalue weighted by atomic mass is 10.1. The number of nitrogens with zero attached hydrogens (tertiary/aromatic N) is 3. The van der Waals surface area contributed by atoms with Gasteiger partial charge in [-0.25, -0.2) is 18.4 Å². The molecule has 0 saturated heterocycles. The molecule has 0 aliphatic heterocycles. The number of para-hydroxylation sites is 1. The minimum Gasteiger partial charge on any atom is -0.392 e. The first-order valence-electron chi connectivity index (χ1n) is 11.0. The van der Waals surface area contributed by atoms with E-state index in [1.807, 2.05) is 0 Å². The number of nitrogen functional groups attached to an aromatic ring is 1. The van der Waals surface area contributed by atoms with E-state index >= 15 is 0 Å². The maximum absolute atomic E-state index is 14.4. The third-order valence-corrected chi connectivity index (χ3v) is 5.51. The van der Waals surface area contributed by atoms with Gasteiger partial charge in [-0.1, -0.05) is 35.9 Å². The second-order valence-corrected chi connectivity index (χ2v) is 8.46. The van der Waals surface area contributed by atoms with E-state index in [4.69, 9.17) is 17.3 Å². The van der Waals surface area contributed by atoms with Crippen LogP contribution in [-0.4, -0.2) is 44.3 Å². The predicted molar refractivity (Wildman–Crippen MR) is 135 cm³/mol. The molecule has 0 aliphatic carbocycles. The molecule has 1 atom stereocenters. The Bertz CT molecular complexity index is 1480. The molecule has 4 rings (SSSR count). The standard InChI is InChI=1S/C25H21ClF2N6O3/c1-13(35)12-30-25(37)20-11-21(34(33-20)15-5-3-2-4-6-15)31-24(36)16-9-14(7-8-17(16)26)22-18(27)10-19(28)23(29)32-22/h2-11,13,35H,12H2,1H3,(H2,29,32)(H,30,37)(H,31,36). The van der Waals surface area contributed by atoms with E-state index in [9.17, 15) is 23.5 Å². The van der Waals surface area contributed by atoms with Gasteiger partial charge in [-0.15, -0.1) is 0 Å². The molecular weight excluding hydrogens is 506 g/mol. The third-order valence-electron chi connectivity index (χ3n) is 5.18. The van der Waals surface area contributed by atoms with Crippen molar-refractivity contribution in [1.29, 1.82) is 0 Å². The quantitative estimate of drug-likeness (QED) is 0.289. The average molecular weight is 527 g/mol. The van der Waals surface area contributed by atoms with Crippen LogP contribution in [0.1, 0.15) is 27.8 Å². The SMILES string of the molecule is CC(O)CNC(=O)c1cc(NC(=O)c2cc(-c3nc(N)c(F)cc3F)ccc2Cl)n(-c2ccccc2)n1. The summed E-state index contributed by atoms with van der Waals surface area (Å²) in [5, 5.41) is 19.0. The van der Waals surface area contributed by atoms with E-state index < -0.39 is 35.4 Å². The molecule has 4 aromatic rings. The second kappa shape index (κ2) is 10.7. The van der Waals surface area contributed by atoms with Crippen LogP contribution in [0.3, 0.4) is 0 Å². The van der Waals surface area contributed by atoms with Crippen LogP contribution in [-0.2, 0) is 0 Å². The summed E-state index contributed by atoms with van der Waals surface area (Å²) in [6, 6.07) is 14.8. The number of hydrogen-bond acceptors (Lipinski definition) is 6. The average Bonchev–Trinajstić information content (AvgIpc) is 3.29. The van der Waals surface area contributed by atoms with Crippen molar-refractivity contribution in [3.63, 3.8) is 0 Å². The highest BCUT2D eigenvalue weighted by Gasteiger charge is 2.21. The van der Waals surface area contributed by atoms with Crippen LogP contribution in [0.5, 0.6) is 0 Å². The van der Waals surface area contributed by atoms with E-state index in [0.29, 0.717) is 11.8 Å². The smallest absolute Gasteiger partial charge is 0.271 e. The molecule has 190 valence electrons. The Hall–Kier alpha value is -4.35. The number of benzene rings is 2. The molecule has 0 fully saturated rings. The number of aromatic nitrogens is 3. The van der Waals surface area contributed by atoms with Gasteiger partial charge in [0.1, 0.15) is 11.5 Å². The Labute approximate surface area is 214 Å². The van der Waals surface area contributed by atoms with Gasteiger partial charge < -0.3 is 21.5 Å². The molecule has 37 heavy (non-hydrogen) atoms. The number of nitrogens with two attached hydrogens (primary N) is 1. The molecule has 0 bridgehead atoms. The molecule has 2 aromatic heterocycles. The molecule has 2 aromatic carbocycles. The van der Waals surface area contributed by atoms with Crippen molar-refractivity contribution in [1.82, 2.24) is 20.1 Å². The number of aliphatic hydroxyl groups excluding tert-OH is 1. The van der Waals surface area contributed by atoms with Crippen LogP contribution in [0.25, 0.3) is 16.9 Å². The topological polar surface area (TPSA) is 135 Å². The van der Waals surface area contributed by atoms with Crippen LogP contribution in [0.15, 0.2) is 60.7 Å². The van der Waals surface area contributed by atoms with E-state index in [1.54, 1.807) is 30.3 Å². The Balaban J connectivity index is 1.69. The number of nitrogens with one attached hydrogen (secondary N) is 2. The fourth-order valence-electron chi connectivity index (χ4n) is 3.39. The first-order chi connectivity index (χ1) is 17.6. The number of rotatable bonds is 7. The molecule has 5 N–H and O–H groups in total. The molecule has 9 nitrogen and oxygen atoms in total. The molecule has 0 aliphatic rings. The largest absolute Gasteiger partial charge is 0.392 e. The van der Waals surface area contributed by atoms with Crippen LogP contribution in [0.4, 0.5) is 20.4 Å². The van der Waals surface area contributed by atoms with E-state index in [0.717, 1.165) is 0 Å². The van der Waals surface area contributed by atoms with Gasteiger partial charge in [0.2, 0.25) is 0 Å². The summed E-state index contributed by atoms with van der Waals surface area (Å²) in [4.78, 5) is 29.5. The Morgan fingerprint density at radius 2 is 1.81 bits per heavy atom. The minimum absolute atomic E-state index is 0.00675. The van der Waals surface area contributed by atoms with E-state index in [2.05, 4.69) is 20.7 Å². The predicted octanol–water partition coefficient (Wildman–Crippen LogP) is 3.81. The summed E-state index contributed by atoms with van der Waals surface area (Å²) >= 11 is 6.25. The van der Waals surface area contributed by atoms with Gasteiger partial charge in [0.15, 0.2) is 23.1 Å². The number of carbonyl (C=O) groups is 2. The maximum Gasteiger partial charge on any atom is 0.271 e. The van der Waals surface area contributed by atoms with Crippen molar-refractivity contribution in [3.8, 4) is 16.9 Å². The highest BCUT2D eigenvalue weighted by molar-refractivity contribution is 6.34. The van der Waals surface area contributed by atoms with Gasteiger partial charge in [0.05, 0.1) is 22.4 Å². The van der Waals surface area contributed by atoms with Crippen LogP contribution in [0, 0.1) is 11.6 Å². The van der Waals surface area contributed by atoms with Crippen LogP contribution < -0.4 is 16.4 Å². The number of amides is 2. The lowest BCUT2D eigenvalue weighted by molar-refractivity contribution is 0.0918. The van der Waals surface area contributed by atoms with Crippen LogP contribution >= 0.6 is 11.6 Å². The number of hydrogen-bond donors (Lipinski definition) is 4. The van der Waals surface area contributed by atoms with Gasteiger partial charge in [0, 0.05) is 24.2 Å². The number of halogens is 3. The molecule has 1 unspecified atom stereocenters. The summed E-state index contributed by atoms with van der Waals surface area (Å²) in [5.41, 5.74) is 5.88. The summed E-state index contributed by atoms with van der Waals surface area (Å²) < 4.78 is 29.3. The highest BCUT2D eigenvalue weighted by atomic mass is 35.5. The van der Waals surface area contributed by atoms with Crippen molar-refractivity contribution in [2.45, 2.75) is 13.0 Å². The molecule has 12 heteroatoms. The molecule has 0 saturated carbocycles. The van der Waals surface area contributed by atoms with Crippen molar-refractivity contribution in [2.24, 2.45) is 0 Å². The second-order valence-electron chi connectivity index (χ2n) is 8.06. The maximum atomic E-state index is 14.4. The Morgan fingerprint density at radius 1 is 1.08 bits per heavy atom. The van der Waals surface area contributed by atoms with E-state index in [-0.39, 0.29) is 39.9 Å². The fraction of sp³-hybridized carbons (Fsp3) is 0.120. The minimum atomic E-state index is -1.00. The molecule has 0 spiro atoms. The first-order valence-corrected chi connectivity index (χ1v) is 11.4. The molecule has 2 amide bonds. The monoisotopic (exact) mass is 526 g/mol. The zero-order valence-corrected chi connectivity index (χ0v) is 20.1. The van der Waals surface area contributed by atoms with Gasteiger partial charge in [-0.2, -0.15) is 5.10 Å².